The van der Waals surface area contributed by atoms with Crippen molar-refractivity contribution in [1.29, 1.82) is 5.26 Å². The van der Waals surface area contributed by atoms with E-state index in [-0.39, 0.29) is 0 Å². The second-order valence-corrected chi connectivity index (χ2v) is 8.77. The van der Waals surface area contributed by atoms with Crippen LogP contribution in [0.3, 0.4) is 0 Å². The molecular formula is C25H26Cl2N8. The van der Waals surface area contributed by atoms with E-state index in [0.29, 0.717) is 46.0 Å². The fraction of sp³-hybridized carbons (Fsp3) is 0.280. The van der Waals surface area contributed by atoms with Gasteiger partial charge in [-0.25, -0.2) is 14.5 Å². The number of hydrogen-bond donors (Lipinski definition) is 2. The molecule has 0 spiro atoms. The number of nitriles is 1. The molecule has 3 heterocycles. The van der Waals surface area contributed by atoms with E-state index in [1.165, 1.54) is 0 Å². The first-order valence-corrected chi connectivity index (χ1v) is 12.2. The molecule has 2 N–H and O–H groups in total. The first-order chi connectivity index (χ1) is 17.0. The average Bonchev–Trinajstić information content (AvgIpc) is 3.28. The Labute approximate surface area is 214 Å². The Kier molecular flexibility index (Phi) is 8.03. The number of pyridine rings is 1. The lowest BCUT2D eigenvalue weighted by Gasteiger charge is -2.15. The van der Waals surface area contributed by atoms with Crippen LogP contribution in [0.1, 0.15) is 25.1 Å². The van der Waals surface area contributed by atoms with Crippen LogP contribution in [0, 0.1) is 11.3 Å². The summed E-state index contributed by atoms with van der Waals surface area (Å²) in [5.41, 5.74) is 3.86. The first kappa shape index (κ1) is 24.7. The lowest BCUT2D eigenvalue weighted by molar-refractivity contribution is 0.292. The summed E-state index contributed by atoms with van der Waals surface area (Å²) < 4.78 is 1.85. The van der Waals surface area contributed by atoms with Crippen LogP contribution in [0.25, 0.3) is 16.8 Å². The Morgan fingerprint density at radius 2 is 1.86 bits per heavy atom. The number of benzene rings is 1. The minimum absolute atomic E-state index is 0.527. The van der Waals surface area contributed by atoms with Crippen LogP contribution in [0.5, 0.6) is 0 Å². The summed E-state index contributed by atoms with van der Waals surface area (Å²) in [5, 5.41) is 21.5. The van der Waals surface area contributed by atoms with Crippen LogP contribution >= 0.6 is 23.2 Å². The van der Waals surface area contributed by atoms with Crippen LogP contribution < -0.4 is 10.6 Å². The van der Waals surface area contributed by atoms with Gasteiger partial charge in [0, 0.05) is 36.4 Å². The molecule has 0 aliphatic carbocycles. The van der Waals surface area contributed by atoms with Gasteiger partial charge in [-0.15, -0.1) is 0 Å². The van der Waals surface area contributed by atoms with E-state index in [1.54, 1.807) is 30.5 Å². The van der Waals surface area contributed by atoms with Gasteiger partial charge in [0.2, 0.25) is 0 Å². The zero-order valence-electron chi connectivity index (χ0n) is 19.6. The van der Waals surface area contributed by atoms with E-state index >= 15 is 0 Å². The van der Waals surface area contributed by atoms with Gasteiger partial charge in [0.25, 0.3) is 0 Å². The minimum atomic E-state index is 0.527. The van der Waals surface area contributed by atoms with E-state index in [0.717, 1.165) is 36.4 Å². The molecule has 0 amide bonds. The minimum Gasteiger partial charge on any atom is -0.368 e. The predicted octanol–water partition coefficient (Wildman–Crippen LogP) is 5.34. The largest absolute Gasteiger partial charge is 0.368 e. The highest BCUT2D eigenvalue weighted by Crippen LogP contribution is 2.31. The average molecular weight is 509 g/mol. The van der Waals surface area contributed by atoms with E-state index in [9.17, 15) is 0 Å². The highest BCUT2D eigenvalue weighted by molar-refractivity contribution is 6.36. The lowest BCUT2D eigenvalue weighted by Crippen LogP contribution is -2.22. The third-order valence-corrected chi connectivity index (χ3v) is 6.16. The third-order valence-electron chi connectivity index (χ3n) is 5.61. The summed E-state index contributed by atoms with van der Waals surface area (Å²) in [6.45, 7) is 8.16. The van der Waals surface area contributed by atoms with Crippen molar-refractivity contribution >= 4 is 40.4 Å². The van der Waals surface area contributed by atoms with Crippen LogP contribution in [0.4, 0.5) is 11.6 Å². The van der Waals surface area contributed by atoms with E-state index < -0.39 is 0 Å². The first-order valence-electron chi connectivity index (χ1n) is 11.4. The lowest BCUT2D eigenvalue weighted by atomic mass is 10.1. The topological polar surface area (TPSA) is 94.2 Å². The standard InChI is InChI=1S/C25H26Cl2N8/c1-3-34(4-2)15-19-12-23-25(30-10-9-29-24-8-5-17(13-28)14-31-24)32-22(16-35(23)33-19)20-7-6-18(26)11-21(20)27/h5-8,11-12,14,16H,3-4,9-10,15H2,1-2H3,(H,29,31)(H,30,32). The smallest absolute Gasteiger partial charge is 0.152 e. The van der Waals surface area contributed by atoms with Crippen LogP contribution in [-0.4, -0.2) is 50.7 Å². The Bertz CT molecular complexity index is 1340. The summed E-state index contributed by atoms with van der Waals surface area (Å²) in [4.78, 5) is 11.4. The highest BCUT2D eigenvalue weighted by atomic mass is 35.5. The summed E-state index contributed by atoms with van der Waals surface area (Å²) in [7, 11) is 0. The van der Waals surface area contributed by atoms with Crippen LogP contribution in [0.2, 0.25) is 10.0 Å². The summed E-state index contributed by atoms with van der Waals surface area (Å²) >= 11 is 12.6. The van der Waals surface area contributed by atoms with Gasteiger partial charge in [0.1, 0.15) is 17.4 Å². The fourth-order valence-electron chi connectivity index (χ4n) is 3.69. The molecule has 0 aliphatic heterocycles. The number of halogens is 2. The van der Waals surface area contributed by atoms with Crippen LogP contribution in [0.15, 0.2) is 48.8 Å². The molecule has 35 heavy (non-hydrogen) atoms. The van der Waals surface area contributed by atoms with Crippen molar-refractivity contribution in [1.82, 2.24) is 24.5 Å². The summed E-state index contributed by atoms with van der Waals surface area (Å²) in [6, 6.07) is 13.0. The maximum absolute atomic E-state index is 8.92. The van der Waals surface area contributed by atoms with Crippen molar-refractivity contribution in [2.45, 2.75) is 20.4 Å². The van der Waals surface area contributed by atoms with Gasteiger partial charge in [-0.3, -0.25) is 4.90 Å². The van der Waals surface area contributed by atoms with E-state index in [2.05, 4.69) is 46.5 Å². The Hall–Kier alpha value is -3.38. The van der Waals surface area contributed by atoms with Crippen molar-refractivity contribution in [3.63, 3.8) is 0 Å². The maximum Gasteiger partial charge on any atom is 0.152 e. The van der Waals surface area contributed by atoms with Crippen molar-refractivity contribution < 1.29 is 0 Å². The van der Waals surface area contributed by atoms with E-state index in [1.807, 2.05) is 16.8 Å². The molecule has 0 fully saturated rings. The molecule has 0 saturated heterocycles. The number of nitrogens with zero attached hydrogens (tertiary/aromatic N) is 6. The Balaban J connectivity index is 1.59. The monoisotopic (exact) mass is 508 g/mol. The zero-order valence-corrected chi connectivity index (χ0v) is 21.1. The maximum atomic E-state index is 8.92. The van der Waals surface area contributed by atoms with Gasteiger partial charge in [-0.1, -0.05) is 37.0 Å². The van der Waals surface area contributed by atoms with Gasteiger partial charge in [-0.2, -0.15) is 10.4 Å². The van der Waals surface area contributed by atoms with Crippen molar-refractivity contribution in [2.75, 3.05) is 36.8 Å². The van der Waals surface area contributed by atoms with Gasteiger partial charge in [-0.05, 0) is 49.5 Å². The second kappa shape index (κ2) is 11.4. The molecule has 1 aromatic carbocycles. The molecule has 3 aromatic heterocycles. The molecule has 0 radical (unpaired) electrons. The van der Waals surface area contributed by atoms with E-state index in [4.69, 9.17) is 38.5 Å². The van der Waals surface area contributed by atoms with Gasteiger partial charge >= 0.3 is 0 Å². The highest BCUT2D eigenvalue weighted by Gasteiger charge is 2.14. The normalized spacial score (nSPS) is 11.1. The van der Waals surface area contributed by atoms with Crippen LogP contribution in [-0.2, 0) is 6.54 Å². The Morgan fingerprint density at radius 3 is 2.54 bits per heavy atom. The van der Waals surface area contributed by atoms with Crippen molar-refractivity contribution in [3.05, 3.63) is 70.1 Å². The number of nitrogens with one attached hydrogen (secondary N) is 2. The third kappa shape index (κ3) is 6.01. The van der Waals surface area contributed by atoms with Crippen molar-refractivity contribution in [3.8, 4) is 17.3 Å². The molecule has 0 unspecified atom stereocenters. The van der Waals surface area contributed by atoms with Gasteiger partial charge in [0.05, 0.1) is 28.2 Å². The zero-order chi connectivity index (χ0) is 24.8. The number of anilines is 2. The molecule has 0 aliphatic rings. The number of aromatic nitrogens is 4. The molecular weight excluding hydrogens is 483 g/mol. The van der Waals surface area contributed by atoms with Gasteiger partial charge in [0.15, 0.2) is 5.82 Å². The Morgan fingerprint density at radius 1 is 1.06 bits per heavy atom. The quantitative estimate of drug-likeness (QED) is 0.279. The molecule has 4 rings (SSSR count). The molecule has 4 aromatic rings. The van der Waals surface area contributed by atoms with Gasteiger partial charge < -0.3 is 10.6 Å². The summed E-state index contributed by atoms with van der Waals surface area (Å²) in [5.74, 6) is 1.41. The molecule has 0 atom stereocenters. The number of fused-ring (bicyclic) bond motifs is 1. The molecule has 10 heteroatoms. The number of hydrogen-bond acceptors (Lipinski definition) is 7. The fourth-order valence-corrected chi connectivity index (χ4v) is 4.19. The molecule has 180 valence electrons. The summed E-state index contributed by atoms with van der Waals surface area (Å²) in [6.07, 6.45) is 3.43. The van der Waals surface area contributed by atoms with Crippen molar-refractivity contribution in [2.24, 2.45) is 0 Å². The molecule has 8 nitrogen and oxygen atoms in total. The SMILES string of the molecule is CCN(CC)Cc1cc2c(NCCNc3ccc(C#N)cn3)nc(-c3ccc(Cl)cc3Cl)cn2n1. The predicted molar refractivity (Wildman–Crippen MR) is 141 cm³/mol. The number of rotatable bonds is 10. The molecule has 0 saturated carbocycles. The second-order valence-electron chi connectivity index (χ2n) is 7.92. The molecule has 0 bridgehead atoms.